The number of fused-ring (bicyclic) bond motifs is 18. The molecule has 2 heterocycles. The summed E-state index contributed by atoms with van der Waals surface area (Å²) in [5.41, 5.74) is 18.4. The lowest BCUT2D eigenvalue weighted by Crippen LogP contribution is -2.10. The first-order valence-corrected chi connectivity index (χ1v) is 38.7. The molecule has 0 aliphatic rings. The SMILES string of the molecule is c1ccc(-c2ccc(N(c3cc(-c4cc5ccccc5c5cc(-c6cccc(-c7ccc(N(c8ccc9c(c8)sc8c%10ccccc%10ccc98)c8cc(-c9cc%10ccccc%10c%10ccccc9%10)cc9ccccc89)cc7)c6)ccc45)c4ccccc4c3)c3ccc4c(c3)sc3c5ccccc5ccc43)cc2)cc1. The Balaban J connectivity index is 0.662. The van der Waals surface area contributed by atoms with Gasteiger partial charge in [0.15, 0.2) is 0 Å². The lowest BCUT2D eigenvalue weighted by Gasteiger charge is -2.28. The number of anilines is 6. The third-order valence-electron chi connectivity index (χ3n) is 22.5. The summed E-state index contributed by atoms with van der Waals surface area (Å²) >= 11 is 3.78. The lowest BCUT2D eigenvalue weighted by molar-refractivity contribution is 1.30. The summed E-state index contributed by atoms with van der Waals surface area (Å²) in [6.45, 7) is 0. The predicted octanol–water partition coefficient (Wildman–Crippen LogP) is 30.9. The van der Waals surface area contributed by atoms with Gasteiger partial charge in [0.1, 0.15) is 0 Å². The van der Waals surface area contributed by atoms with Crippen molar-refractivity contribution in [2.24, 2.45) is 0 Å². The van der Waals surface area contributed by atoms with Gasteiger partial charge in [0, 0.05) is 74.2 Å². The Hall–Kier alpha value is -13.5. The monoisotopic (exact) mass is 1400 g/mol. The van der Waals surface area contributed by atoms with Crippen LogP contribution in [0, 0.1) is 0 Å². The Kier molecular flexibility index (Phi) is 14.4. The Labute approximate surface area is 632 Å². The van der Waals surface area contributed by atoms with Crippen molar-refractivity contribution >= 4 is 183 Å². The number of rotatable bonds is 11. The normalized spacial score (nSPS) is 11.9. The molecule has 0 fully saturated rings. The van der Waals surface area contributed by atoms with Crippen LogP contribution in [0.2, 0.25) is 0 Å². The average molecular weight is 1410 g/mol. The molecule has 22 rings (SSSR count). The van der Waals surface area contributed by atoms with Gasteiger partial charge in [0.2, 0.25) is 0 Å². The molecule has 0 aliphatic heterocycles. The number of benzene rings is 20. The van der Waals surface area contributed by atoms with Gasteiger partial charge in [-0.25, -0.2) is 0 Å². The quantitative estimate of drug-likeness (QED) is 0.119. The van der Waals surface area contributed by atoms with Crippen LogP contribution >= 0.6 is 22.7 Å². The summed E-state index contributed by atoms with van der Waals surface area (Å²) in [5.74, 6) is 0. The van der Waals surface area contributed by atoms with Gasteiger partial charge in [-0.3, -0.25) is 0 Å². The largest absolute Gasteiger partial charge is 0.310 e. The van der Waals surface area contributed by atoms with Crippen LogP contribution in [0.1, 0.15) is 0 Å². The van der Waals surface area contributed by atoms with Gasteiger partial charge in [-0.2, -0.15) is 0 Å². The standard InChI is InChI=1S/C104H64N2S2/c1-2-19-65(20-3-1)66-37-44-78(45-38-66)105(80-48-53-92-94-51-41-68-21-4-14-33-87(68)103(94)107-101(92)63-80)82-57-74-24-6-11-30-84(74)99(62-82)98-60-76-26-8-12-31-85(76)97-58-72(43-50-91(97)98)71-28-18-27-70(55-71)67-39-46-79(47-40-67)106(81-49-54-93-95-52-42-69-22-5-15-34-88(69)104(95)108-102(93)64-81)100-61-77(56-73-23-9-13-32-86(73)100)96-59-75-25-7-10-29-83(75)89-35-16-17-36-90(89)96/h1-64H. The van der Waals surface area contributed by atoms with Crippen LogP contribution in [0.15, 0.2) is 388 Å². The van der Waals surface area contributed by atoms with Gasteiger partial charge in [0.25, 0.3) is 0 Å². The second-order valence-electron chi connectivity index (χ2n) is 28.6. The van der Waals surface area contributed by atoms with Crippen LogP contribution in [-0.4, -0.2) is 0 Å². The molecule has 20 aromatic carbocycles. The highest BCUT2D eigenvalue weighted by Crippen LogP contribution is 2.51. The molecule has 0 atom stereocenters. The smallest absolute Gasteiger partial charge is 0.0546 e. The number of hydrogen-bond donors (Lipinski definition) is 0. The van der Waals surface area contributed by atoms with Crippen molar-refractivity contribution in [3.05, 3.63) is 388 Å². The molecular formula is C104H64N2S2. The van der Waals surface area contributed by atoms with Crippen LogP contribution in [0.3, 0.4) is 0 Å². The highest BCUT2D eigenvalue weighted by atomic mass is 32.1. The van der Waals surface area contributed by atoms with Crippen LogP contribution in [-0.2, 0) is 0 Å². The predicted molar refractivity (Wildman–Crippen MR) is 469 cm³/mol. The van der Waals surface area contributed by atoms with E-state index in [-0.39, 0.29) is 0 Å². The first-order valence-electron chi connectivity index (χ1n) is 37.1. The van der Waals surface area contributed by atoms with Crippen LogP contribution in [0.25, 0.3) is 182 Å². The second-order valence-corrected chi connectivity index (χ2v) is 30.7. The minimum atomic E-state index is 1.08. The Bertz CT molecular complexity index is 7430. The maximum absolute atomic E-state index is 2.50. The molecule has 0 aliphatic carbocycles. The van der Waals surface area contributed by atoms with Crippen LogP contribution < -0.4 is 9.80 Å². The van der Waals surface area contributed by atoms with E-state index in [1.54, 1.807) is 0 Å². The third-order valence-corrected chi connectivity index (χ3v) is 24.9. The van der Waals surface area contributed by atoms with Gasteiger partial charge >= 0.3 is 0 Å². The Morgan fingerprint density at radius 2 is 0.556 bits per heavy atom. The molecule has 0 radical (unpaired) electrons. The fraction of sp³-hybridized carbons (Fsp3) is 0. The lowest BCUT2D eigenvalue weighted by atomic mass is 9.88. The Morgan fingerprint density at radius 3 is 1.19 bits per heavy atom. The summed E-state index contributed by atoms with van der Waals surface area (Å²) in [6, 6.07) is 145. The van der Waals surface area contributed by atoms with Crippen LogP contribution in [0.4, 0.5) is 34.1 Å². The second kappa shape index (κ2) is 25.1. The van der Waals surface area contributed by atoms with Gasteiger partial charge in [0.05, 0.1) is 5.69 Å². The zero-order chi connectivity index (χ0) is 70.9. The van der Waals surface area contributed by atoms with Crippen LogP contribution in [0.5, 0.6) is 0 Å². The Morgan fingerprint density at radius 1 is 0.157 bits per heavy atom. The van der Waals surface area contributed by atoms with E-state index in [4.69, 9.17) is 0 Å². The summed E-state index contributed by atoms with van der Waals surface area (Å²) < 4.78 is 5.17. The summed E-state index contributed by atoms with van der Waals surface area (Å²) in [7, 11) is 0. The topological polar surface area (TPSA) is 6.48 Å². The van der Waals surface area contributed by atoms with Gasteiger partial charge in [-0.15, -0.1) is 22.7 Å². The summed E-state index contributed by atoms with van der Waals surface area (Å²) in [6.07, 6.45) is 0. The minimum absolute atomic E-state index is 1.08. The molecule has 0 saturated heterocycles. The number of thiophene rings is 2. The fourth-order valence-electron chi connectivity index (χ4n) is 17.3. The van der Waals surface area contributed by atoms with Crippen molar-refractivity contribution in [2.45, 2.75) is 0 Å². The van der Waals surface area contributed by atoms with Gasteiger partial charge in [-0.05, 0) is 233 Å². The highest BCUT2D eigenvalue weighted by Gasteiger charge is 2.24. The molecule has 2 nitrogen and oxygen atoms in total. The molecule has 0 saturated carbocycles. The van der Waals surface area contributed by atoms with E-state index in [0.717, 1.165) is 50.8 Å². The fourth-order valence-corrected chi connectivity index (χ4v) is 19.9. The van der Waals surface area contributed by atoms with E-state index >= 15 is 0 Å². The van der Waals surface area contributed by atoms with E-state index in [0.29, 0.717) is 0 Å². The first-order chi connectivity index (χ1) is 53.5. The first kappa shape index (κ1) is 61.9. The molecule has 0 unspecified atom stereocenters. The molecule has 0 spiro atoms. The number of hydrogen-bond acceptors (Lipinski definition) is 4. The molecule has 0 bridgehead atoms. The van der Waals surface area contributed by atoms with Gasteiger partial charge in [-0.1, -0.05) is 291 Å². The zero-order valence-electron chi connectivity index (χ0n) is 58.7. The molecule has 502 valence electrons. The number of nitrogens with zero attached hydrogens (tertiary/aromatic N) is 2. The van der Waals surface area contributed by atoms with Crippen molar-refractivity contribution in [3.8, 4) is 55.6 Å². The van der Waals surface area contributed by atoms with Gasteiger partial charge < -0.3 is 9.80 Å². The molecule has 108 heavy (non-hydrogen) atoms. The third kappa shape index (κ3) is 10.3. The van der Waals surface area contributed by atoms with Crippen molar-refractivity contribution in [2.75, 3.05) is 9.80 Å². The van der Waals surface area contributed by atoms with E-state index in [2.05, 4.69) is 398 Å². The molecule has 2 aromatic heterocycles. The van der Waals surface area contributed by atoms with Crippen molar-refractivity contribution in [1.82, 2.24) is 0 Å². The zero-order valence-corrected chi connectivity index (χ0v) is 60.3. The maximum Gasteiger partial charge on any atom is 0.0546 e. The average Bonchev–Trinajstić information content (AvgIpc) is 1.48. The molecular weight excluding hydrogens is 1340 g/mol. The highest BCUT2D eigenvalue weighted by molar-refractivity contribution is 7.27. The van der Waals surface area contributed by atoms with Crippen molar-refractivity contribution < 1.29 is 0 Å². The summed E-state index contributed by atoms with van der Waals surface area (Å²) in [5, 5.41) is 24.8. The van der Waals surface area contributed by atoms with E-state index in [9.17, 15) is 0 Å². The molecule has 0 amide bonds. The van der Waals surface area contributed by atoms with E-state index in [1.165, 1.54) is 165 Å². The molecule has 4 heteroatoms. The minimum Gasteiger partial charge on any atom is -0.310 e. The van der Waals surface area contributed by atoms with E-state index in [1.807, 2.05) is 22.7 Å². The van der Waals surface area contributed by atoms with E-state index < -0.39 is 0 Å². The van der Waals surface area contributed by atoms with Crippen molar-refractivity contribution in [3.63, 3.8) is 0 Å². The molecule has 0 N–H and O–H groups in total. The molecule has 22 aromatic rings. The van der Waals surface area contributed by atoms with Crippen molar-refractivity contribution in [1.29, 1.82) is 0 Å². The summed E-state index contributed by atoms with van der Waals surface area (Å²) in [4.78, 5) is 4.96. The maximum atomic E-state index is 2.50.